The average molecular weight is 347 g/mol. The first kappa shape index (κ1) is 15.8. The molecule has 128 valence electrons. The van der Waals surface area contributed by atoms with Crippen molar-refractivity contribution in [3.63, 3.8) is 0 Å². The Bertz CT molecular complexity index is 1040. The molecule has 2 N–H and O–H groups in total. The summed E-state index contributed by atoms with van der Waals surface area (Å²) < 4.78 is 18.6. The third kappa shape index (κ3) is 3.25. The lowest BCUT2D eigenvalue weighted by molar-refractivity contribution is 0.0997. The zero-order chi connectivity index (χ0) is 17.9. The molecular weight excluding hydrogens is 333 g/mol. The molecule has 0 bridgehead atoms. The van der Waals surface area contributed by atoms with Crippen molar-refractivity contribution in [2.24, 2.45) is 0 Å². The molecule has 4 rings (SSSR count). The van der Waals surface area contributed by atoms with E-state index in [0.29, 0.717) is 17.0 Å². The minimum Gasteiger partial charge on any atom is -0.451 e. The first-order valence-corrected chi connectivity index (χ1v) is 7.96. The molecule has 0 unspecified atom stereocenters. The van der Waals surface area contributed by atoms with Crippen molar-refractivity contribution in [2.75, 3.05) is 5.32 Å². The molecule has 5 nitrogen and oxygen atoms in total. The SMILES string of the molecule is O=C(Nc1cccc(-c2ccn[nH]2)c1)c1ccc(-c2ccc(F)cc2)o1. The second-order valence-electron chi connectivity index (χ2n) is 5.68. The molecule has 0 aliphatic heterocycles. The zero-order valence-corrected chi connectivity index (χ0v) is 13.6. The summed E-state index contributed by atoms with van der Waals surface area (Å²) in [5.41, 5.74) is 3.11. The van der Waals surface area contributed by atoms with Gasteiger partial charge in [0.2, 0.25) is 0 Å². The van der Waals surface area contributed by atoms with E-state index in [1.54, 1.807) is 36.5 Å². The van der Waals surface area contributed by atoms with E-state index in [4.69, 9.17) is 4.42 Å². The van der Waals surface area contributed by atoms with Gasteiger partial charge in [-0.2, -0.15) is 5.10 Å². The summed E-state index contributed by atoms with van der Waals surface area (Å²) in [7, 11) is 0. The second-order valence-corrected chi connectivity index (χ2v) is 5.68. The summed E-state index contributed by atoms with van der Waals surface area (Å²) in [4.78, 5) is 12.4. The predicted octanol–water partition coefficient (Wildman–Crippen LogP) is 4.73. The molecule has 0 radical (unpaired) electrons. The molecule has 4 aromatic rings. The van der Waals surface area contributed by atoms with Crippen LogP contribution in [0.5, 0.6) is 0 Å². The Labute approximate surface area is 148 Å². The fraction of sp³-hybridized carbons (Fsp3) is 0. The van der Waals surface area contributed by atoms with Gasteiger partial charge in [0.1, 0.15) is 11.6 Å². The number of hydrogen-bond acceptors (Lipinski definition) is 3. The Morgan fingerprint density at radius 1 is 1.00 bits per heavy atom. The molecule has 0 saturated carbocycles. The van der Waals surface area contributed by atoms with Gasteiger partial charge in [0.25, 0.3) is 5.91 Å². The maximum Gasteiger partial charge on any atom is 0.291 e. The van der Waals surface area contributed by atoms with Crippen molar-refractivity contribution < 1.29 is 13.6 Å². The maximum atomic E-state index is 13.0. The molecule has 2 aromatic heterocycles. The van der Waals surface area contributed by atoms with Gasteiger partial charge in [-0.1, -0.05) is 12.1 Å². The lowest BCUT2D eigenvalue weighted by atomic mass is 10.1. The first-order chi connectivity index (χ1) is 12.7. The summed E-state index contributed by atoms with van der Waals surface area (Å²) >= 11 is 0. The Balaban J connectivity index is 1.52. The quantitative estimate of drug-likeness (QED) is 0.561. The van der Waals surface area contributed by atoms with Crippen LogP contribution in [0.25, 0.3) is 22.6 Å². The number of carbonyl (C=O) groups excluding carboxylic acids is 1. The van der Waals surface area contributed by atoms with Gasteiger partial charge >= 0.3 is 0 Å². The largest absolute Gasteiger partial charge is 0.451 e. The van der Waals surface area contributed by atoms with Crippen molar-refractivity contribution >= 4 is 11.6 Å². The van der Waals surface area contributed by atoms with Crippen LogP contribution in [0.2, 0.25) is 0 Å². The number of aromatic nitrogens is 2. The molecule has 1 amide bonds. The third-order valence-electron chi connectivity index (χ3n) is 3.89. The molecule has 0 aliphatic rings. The summed E-state index contributed by atoms with van der Waals surface area (Å²) in [5, 5.41) is 9.61. The van der Waals surface area contributed by atoms with E-state index in [1.165, 1.54) is 12.1 Å². The van der Waals surface area contributed by atoms with Gasteiger partial charge in [-0.15, -0.1) is 0 Å². The summed E-state index contributed by atoms with van der Waals surface area (Å²) in [6.45, 7) is 0. The Morgan fingerprint density at radius 2 is 1.85 bits per heavy atom. The van der Waals surface area contributed by atoms with Crippen LogP contribution in [0.3, 0.4) is 0 Å². The van der Waals surface area contributed by atoms with Crippen LogP contribution >= 0.6 is 0 Å². The summed E-state index contributed by atoms with van der Waals surface area (Å²) in [6, 6.07) is 18.4. The Morgan fingerprint density at radius 3 is 2.62 bits per heavy atom. The molecule has 0 saturated heterocycles. The minimum atomic E-state index is -0.361. The van der Waals surface area contributed by atoms with Gasteiger partial charge in [-0.05, 0) is 54.6 Å². The van der Waals surface area contributed by atoms with Crippen molar-refractivity contribution in [3.8, 4) is 22.6 Å². The van der Waals surface area contributed by atoms with Gasteiger partial charge in [-0.25, -0.2) is 4.39 Å². The van der Waals surface area contributed by atoms with Gasteiger partial charge in [0.05, 0.1) is 5.69 Å². The molecule has 0 aliphatic carbocycles. The number of carbonyl (C=O) groups is 1. The van der Waals surface area contributed by atoms with Gasteiger partial charge in [0, 0.05) is 23.0 Å². The van der Waals surface area contributed by atoms with Crippen LogP contribution in [0.4, 0.5) is 10.1 Å². The van der Waals surface area contributed by atoms with Crippen molar-refractivity contribution in [1.82, 2.24) is 10.2 Å². The second kappa shape index (κ2) is 6.68. The molecule has 2 heterocycles. The van der Waals surface area contributed by atoms with E-state index < -0.39 is 0 Å². The molecule has 0 fully saturated rings. The number of amides is 1. The highest BCUT2D eigenvalue weighted by atomic mass is 19.1. The number of H-pyrrole nitrogens is 1. The van der Waals surface area contributed by atoms with Crippen LogP contribution in [0, 0.1) is 5.82 Å². The zero-order valence-electron chi connectivity index (χ0n) is 13.6. The molecule has 0 spiro atoms. The predicted molar refractivity (Wildman–Crippen MR) is 96.1 cm³/mol. The lowest BCUT2D eigenvalue weighted by Crippen LogP contribution is -2.10. The highest BCUT2D eigenvalue weighted by molar-refractivity contribution is 6.02. The number of hydrogen-bond donors (Lipinski definition) is 2. The summed E-state index contributed by atoms with van der Waals surface area (Å²) in [6.07, 6.45) is 1.67. The van der Waals surface area contributed by atoms with E-state index in [9.17, 15) is 9.18 Å². The van der Waals surface area contributed by atoms with Crippen molar-refractivity contribution in [1.29, 1.82) is 0 Å². The molecule has 0 atom stereocenters. The highest BCUT2D eigenvalue weighted by Gasteiger charge is 2.13. The van der Waals surface area contributed by atoms with E-state index in [0.717, 1.165) is 11.3 Å². The van der Waals surface area contributed by atoms with Crippen LogP contribution in [0.15, 0.2) is 77.3 Å². The number of halogens is 1. The fourth-order valence-corrected chi connectivity index (χ4v) is 2.60. The van der Waals surface area contributed by atoms with Gasteiger partial charge < -0.3 is 9.73 Å². The standard InChI is InChI=1S/C20H14FN3O2/c21-15-6-4-13(5-7-15)18-8-9-19(26-18)20(25)23-16-3-1-2-14(12-16)17-10-11-22-24-17/h1-12H,(H,22,24)(H,23,25). The number of nitrogens with one attached hydrogen (secondary N) is 2. The van der Waals surface area contributed by atoms with E-state index in [1.807, 2.05) is 24.3 Å². The molecule has 2 aromatic carbocycles. The number of rotatable bonds is 4. The smallest absolute Gasteiger partial charge is 0.291 e. The van der Waals surface area contributed by atoms with Crippen molar-refractivity contribution in [3.05, 3.63) is 84.5 Å². The van der Waals surface area contributed by atoms with Crippen molar-refractivity contribution in [2.45, 2.75) is 0 Å². The molecule has 26 heavy (non-hydrogen) atoms. The first-order valence-electron chi connectivity index (χ1n) is 7.96. The normalized spacial score (nSPS) is 10.7. The highest BCUT2D eigenvalue weighted by Crippen LogP contribution is 2.24. The fourth-order valence-electron chi connectivity index (χ4n) is 2.60. The number of furan rings is 1. The number of aromatic amines is 1. The number of benzene rings is 2. The minimum absolute atomic E-state index is 0.177. The Kier molecular flexibility index (Phi) is 4.07. The van der Waals surface area contributed by atoms with Crippen LogP contribution in [0.1, 0.15) is 10.6 Å². The number of anilines is 1. The maximum absolute atomic E-state index is 13.0. The Hall–Kier alpha value is -3.67. The lowest BCUT2D eigenvalue weighted by Gasteiger charge is -2.05. The van der Waals surface area contributed by atoms with E-state index >= 15 is 0 Å². The van der Waals surface area contributed by atoms with Crippen LogP contribution in [-0.2, 0) is 0 Å². The number of nitrogens with zero attached hydrogens (tertiary/aromatic N) is 1. The van der Waals surface area contributed by atoms with Crippen LogP contribution < -0.4 is 5.32 Å². The van der Waals surface area contributed by atoms with Gasteiger partial charge in [0.15, 0.2) is 5.76 Å². The molecule has 6 heteroatoms. The average Bonchev–Trinajstić information content (AvgIpc) is 3.35. The monoisotopic (exact) mass is 347 g/mol. The summed E-state index contributed by atoms with van der Waals surface area (Å²) in [5.74, 6) is -0.00632. The van der Waals surface area contributed by atoms with Gasteiger partial charge in [-0.3, -0.25) is 9.89 Å². The third-order valence-corrected chi connectivity index (χ3v) is 3.89. The molecular formula is C20H14FN3O2. The van der Waals surface area contributed by atoms with Crippen LogP contribution in [-0.4, -0.2) is 16.1 Å². The van der Waals surface area contributed by atoms with E-state index in [-0.39, 0.29) is 17.5 Å². The van der Waals surface area contributed by atoms with E-state index in [2.05, 4.69) is 15.5 Å². The topological polar surface area (TPSA) is 70.9 Å².